The van der Waals surface area contributed by atoms with Crippen LogP contribution in [-0.4, -0.2) is 16.9 Å². The van der Waals surface area contributed by atoms with E-state index in [9.17, 15) is 14.0 Å². The highest BCUT2D eigenvalue weighted by molar-refractivity contribution is 8.00. The van der Waals surface area contributed by atoms with E-state index in [4.69, 9.17) is 0 Å². The van der Waals surface area contributed by atoms with Crippen molar-refractivity contribution in [3.05, 3.63) is 59.9 Å². The first-order valence-electron chi connectivity index (χ1n) is 6.80. The molecule has 1 atom stereocenters. The van der Waals surface area contributed by atoms with Gasteiger partial charge in [-0.2, -0.15) is 0 Å². The number of carbonyl (C=O) groups excluding carboxylic acids is 2. The van der Waals surface area contributed by atoms with Gasteiger partial charge in [-0.05, 0) is 50.2 Å². The Kier molecular flexibility index (Phi) is 5.33. The van der Waals surface area contributed by atoms with Gasteiger partial charge in [-0.3, -0.25) is 9.59 Å². The van der Waals surface area contributed by atoms with Crippen LogP contribution in [0.1, 0.15) is 24.2 Å². The summed E-state index contributed by atoms with van der Waals surface area (Å²) in [5.74, 6) is -0.616. The van der Waals surface area contributed by atoms with Crippen molar-refractivity contribution in [2.24, 2.45) is 0 Å². The quantitative estimate of drug-likeness (QED) is 0.665. The summed E-state index contributed by atoms with van der Waals surface area (Å²) in [6.45, 7) is 3.22. The molecule has 0 aromatic heterocycles. The van der Waals surface area contributed by atoms with E-state index in [0.29, 0.717) is 11.3 Å². The molecule has 2 rings (SSSR count). The van der Waals surface area contributed by atoms with Crippen LogP contribution in [0.2, 0.25) is 0 Å². The molecule has 0 spiro atoms. The lowest BCUT2D eigenvalue weighted by atomic mass is 10.1. The minimum Gasteiger partial charge on any atom is -0.324 e. The lowest BCUT2D eigenvalue weighted by molar-refractivity contribution is -0.115. The molecule has 0 radical (unpaired) electrons. The van der Waals surface area contributed by atoms with E-state index in [1.165, 1.54) is 30.8 Å². The smallest absolute Gasteiger partial charge is 0.237 e. The predicted molar refractivity (Wildman–Crippen MR) is 86.8 cm³/mol. The number of nitrogens with one attached hydrogen (secondary N) is 1. The Labute approximate surface area is 132 Å². The van der Waals surface area contributed by atoms with Crippen molar-refractivity contribution >= 4 is 29.1 Å². The highest BCUT2D eigenvalue weighted by atomic mass is 32.2. The largest absolute Gasteiger partial charge is 0.324 e. The fourth-order valence-electron chi connectivity index (χ4n) is 1.90. The Bertz CT molecular complexity index is 685. The number of halogens is 1. The first-order chi connectivity index (χ1) is 10.5. The average molecular weight is 317 g/mol. The first kappa shape index (κ1) is 16.2. The summed E-state index contributed by atoms with van der Waals surface area (Å²) < 4.78 is 12.9. The Balaban J connectivity index is 2.05. The number of ketones is 1. The number of amides is 1. The molecule has 3 nitrogen and oxygen atoms in total. The molecule has 0 bridgehead atoms. The molecular weight excluding hydrogens is 301 g/mol. The molecule has 0 heterocycles. The van der Waals surface area contributed by atoms with Crippen molar-refractivity contribution in [2.75, 3.05) is 5.32 Å². The van der Waals surface area contributed by atoms with Crippen LogP contribution in [0.25, 0.3) is 0 Å². The van der Waals surface area contributed by atoms with Crippen LogP contribution in [0.3, 0.4) is 0 Å². The minimum absolute atomic E-state index is 0.102. The van der Waals surface area contributed by atoms with Crippen LogP contribution in [0.15, 0.2) is 53.4 Å². The van der Waals surface area contributed by atoms with Crippen LogP contribution in [0.4, 0.5) is 10.1 Å². The molecule has 0 saturated carbocycles. The summed E-state index contributed by atoms with van der Waals surface area (Å²) in [5.41, 5.74) is 0.987. The normalized spacial score (nSPS) is 11.8. The van der Waals surface area contributed by atoms with Gasteiger partial charge in [-0.15, -0.1) is 11.8 Å². The van der Waals surface area contributed by atoms with Gasteiger partial charge in [-0.1, -0.05) is 12.1 Å². The molecule has 0 aliphatic heterocycles. The highest BCUT2D eigenvalue weighted by Gasteiger charge is 2.16. The molecule has 22 heavy (non-hydrogen) atoms. The zero-order valence-electron chi connectivity index (χ0n) is 12.3. The molecular formula is C17H16FNO2S. The fraction of sp³-hybridized carbons (Fsp3) is 0.176. The standard InChI is InChI=1S/C17H16FNO2S/c1-11(20)15-5-3-4-6-16(15)19-17(21)12(2)22-14-9-7-13(18)8-10-14/h3-10,12H,1-2H3,(H,19,21). The van der Waals surface area contributed by atoms with E-state index in [1.807, 2.05) is 0 Å². The summed E-state index contributed by atoms with van der Waals surface area (Å²) in [6, 6.07) is 12.9. The summed E-state index contributed by atoms with van der Waals surface area (Å²) in [6.07, 6.45) is 0. The minimum atomic E-state index is -0.370. The molecule has 5 heteroatoms. The molecule has 2 aromatic rings. The molecule has 0 fully saturated rings. The first-order valence-corrected chi connectivity index (χ1v) is 7.68. The van der Waals surface area contributed by atoms with Crippen molar-refractivity contribution in [3.63, 3.8) is 0 Å². The molecule has 2 aromatic carbocycles. The Hall–Kier alpha value is -2.14. The van der Waals surface area contributed by atoms with Gasteiger partial charge >= 0.3 is 0 Å². The maximum Gasteiger partial charge on any atom is 0.237 e. The van der Waals surface area contributed by atoms with Crippen LogP contribution < -0.4 is 5.32 Å². The Morgan fingerprint density at radius 2 is 1.73 bits per heavy atom. The van der Waals surface area contributed by atoms with Crippen LogP contribution in [0, 0.1) is 5.82 Å². The van der Waals surface area contributed by atoms with E-state index in [2.05, 4.69) is 5.32 Å². The molecule has 1 unspecified atom stereocenters. The van der Waals surface area contributed by atoms with Crippen molar-refractivity contribution in [3.8, 4) is 0 Å². The number of carbonyl (C=O) groups is 2. The van der Waals surface area contributed by atoms with Crippen LogP contribution in [-0.2, 0) is 4.79 Å². The van der Waals surface area contributed by atoms with E-state index in [0.717, 1.165) is 4.90 Å². The molecule has 0 aliphatic carbocycles. The summed E-state index contributed by atoms with van der Waals surface area (Å²) in [5, 5.41) is 2.40. The summed E-state index contributed by atoms with van der Waals surface area (Å²) in [7, 11) is 0. The third-order valence-corrected chi connectivity index (χ3v) is 4.17. The van der Waals surface area contributed by atoms with Crippen LogP contribution >= 0.6 is 11.8 Å². The van der Waals surface area contributed by atoms with E-state index >= 15 is 0 Å². The lowest BCUT2D eigenvalue weighted by Crippen LogP contribution is -2.23. The second-order valence-electron chi connectivity index (χ2n) is 4.81. The molecule has 0 saturated heterocycles. The number of hydrogen-bond acceptors (Lipinski definition) is 3. The lowest BCUT2D eigenvalue weighted by Gasteiger charge is -2.13. The molecule has 114 valence electrons. The zero-order valence-corrected chi connectivity index (χ0v) is 13.1. The number of anilines is 1. The maximum atomic E-state index is 12.9. The van der Waals surface area contributed by atoms with Gasteiger partial charge in [0.1, 0.15) is 5.82 Å². The highest BCUT2D eigenvalue weighted by Crippen LogP contribution is 2.25. The Morgan fingerprint density at radius 1 is 1.09 bits per heavy atom. The number of rotatable bonds is 5. The number of hydrogen-bond donors (Lipinski definition) is 1. The third-order valence-electron chi connectivity index (χ3n) is 3.06. The van der Waals surface area contributed by atoms with Gasteiger partial charge < -0.3 is 5.32 Å². The van der Waals surface area contributed by atoms with Gasteiger partial charge in [0.25, 0.3) is 0 Å². The summed E-state index contributed by atoms with van der Waals surface area (Å²) >= 11 is 1.33. The van der Waals surface area contributed by atoms with Gasteiger partial charge in [0, 0.05) is 10.5 Å². The number of thioether (sulfide) groups is 1. The van der Waals surface area contributed by atoms with Crippen LogP contribution in [0.5, 0.6) is 0 Å². The van der Waals surface area contributed by atoms with Gasteiger partial charge in [0.2, 0.25) is 5.91 Å². The maximum absolute atomic E-state index is 12.9. The van der Waals surface area contributed by atoms with Gasteiger partial charge in [0.05, 0.1) is 10.9 Å². The van der Waals surface area contributed by atoms with E-state index in [1.54, 1.807) is 43.3 Å². The van der Waals surface area contributed by atoms with E-state index < -0.39 is 0 Å². The second-order valence-corrected chi connectivity index (χ2v) is 6.22. The van der Waals surface area contributed by atoms with Crippen molar-refractivity contribution < 1.29 is 14.0 Å². The van der Waals surface area contributed by atoms with Crippen molar-refractivity contribution in [2.45, 2.75) is 24.0 Å². The SMILES string of the molecule is CC(=O)c1ccccc1NC(=O)C(C)Sc1ccc(F)cc1. The molecule has 0 aliphatic rings. The fourth-order valence-corrected chi connectivity index (χ4v) is 2.77. The van der Waals surface area contributed by atoms with Gasteiger partial charge in [0.15, 0.2) is 5.78 Å². The predicted octanol–water partition coefficient (Wildman–Crippen LogP) is 4.15. The Morgan fingerprint density at radius 3 is 2.36 bits per heavy atom. The molecule has 1 amide bonds. The monoisotopic (exact) mass is 317 g/mol. The number of benzene rings is 2. The summed E-state index contributed by atoms with van der Waals surface area (Å²) in [4.78, 5) is 24.6. The molecule has 1 N–H and O–H groups in total. The number of para-hydroxylation sites is 1. The van der Waals surface area contributed by atoms with E-state index in [-0.39, 0.29) is 22.8 Å². The zero-order chi connectivity index (χ0) is 16.1. The van der Waals surface area contributed by atoms with Gasteiger partial charge in [-0.25, -0.2) is 4.39 Å². The topological polar surface area (TPSA) is 46.2 Å². The average Bonchev–Trinajstić information content (AvgIpc) is 2.49. The third kappa shape index (κ3) is 4.18. The van der Waals surface area contributed by atoms with Crippen molar-refractivity contribution in [1.82, 2.24) is 0 Å². The van der Waals surface area contributed by atoms with Crippen molar-refractivity contribution in [1.29, 1.82) is 0 Å². The second kappa shape index (κ2) is 7.22. The number of Topliss-reactive ketones (excluding diaryl/α,β-unsaturated/α-hetero) is 1.